The molecule has 1 aromatic carbocycles. The first kappa shape index (κ1) is 17.7. The van der Waals surface area contributed by atoms with E-state index < -0.39 is 12.1 Å². The maximum absolute atomic E-state index is 11.9. The molecule has 0 amide bonds. The number of hydrogen-bond acceptors (Lipinski definition) is 6. The van der Waals surface area contributed by atoms with Crippen LogP contribution in [-0.4, -0.2) is 56.7 Å². The monoisotopic (exact) mass is 364 g/mol. The van der Waals surface area contributed by atoms with Crippen LogP contribution in [0.3, 0.4) is 0 Å². The average Bonchev–Trinajstić information content (AvgIpc) is 3.13. The number of likely N-dealkylation sites (tertiary alicyclic amines) is 1. The van der Waals surface area contributed by atoms with Crippen molar-refractivity contribution in [3.05, 3.63) is 34.1 Å². The van der Waals surface area contributed by atoms with Gasteiger partial charge in [-0.15, -0.1) is 0 Å². The van der Waals surface area contributed by atoms with Crippen LogP contribution in [0.4, 0.5) is 0 Å². The number of rotatable bonds is 4. The lowest BCUT2D eigenvalue weighted by Crippen LogP contribution is -3.14. The van der Waals surface area contributed by atoms with Crippen LogP contribution < -0.4 is 4.90 Å². The average molecular weight is 364 g/mol. The summed E-state index contributed by atoms with van der Waals surface area (Å²) in [4.78, 5) is 12.8. The van der Waals surface area contributed by atoms with E-state index in [0.717, 1.165) is 21.7 Å². The van der Waals surface area contributed by atoms with Crippen LogP contribution in [0.5, 0.6) is 0 Å². The Balaban J connectivity index is 1.88. The molecule has 0 aliphatic carbocycles. The van der Waals surface area contributed by atoms with Crippen LogP contribution in [0.2, 0.25) is 0 Å². The molecule has 0 bridgehead atoms. The normalized spacial score (nSPS) is 23.0. The highest BCUT2D eigenvalue weighted by Crippen LogP contribution is 2.15. The Morgan fingerprint density at radius 3 is 2.92 bits per heavy atom. The first-order valence-corrected chi connectivity index (χ1v) is 8.52. The summed E-state index contributed by atoms with van der Waals surface area (Å²) in [5, 5.41) is 18.2. The Labute approximate surface area is 150 Å². The maximum atomic E-state index is 11.9. The van der Waals surface area contributed by atoms with E-state index in [1.807, 2.05) is 32.0 Å². The second-order valence-electron chi connectivity index (χ2n) is 6.45. The van der Waals surface area contributed by atoms with Crippen LogP contribution >= 0.6 is 12.2 Å². The van der Waals surface area contributed by atoms with Gasteiger partial charge in [-0.3, -0.25) is 0 Å². The number of carbonyl (C=O) groups is 1. The van der Waals surface area contributed by atoms with E-state index in [1.165, 1.54) is 7.11 Å². The van der Waals surface area contributed by atoms with Crippen molar-refractivity contribution in [3.63, 3.8) is 0 Å². The Kier molecular flexibility index (Phi) is 4.98. The zero-order chi connectivity index (χ0) is 18.1. The second kappa shape index (κ2) is 7.03. The van der Waals surface area contributed by atoms with E-state index in [-0.39, 0.29) is 5.97 Å². The van der Waals surface area contributed by atoms with E-state index in [9.17, 15) is 9.90 Å². The molecule has 134 valence electrons. The number of aliphatic hydroxyl groups excluding tert-OH is 1. The largest absolute Gasteiger partial charge is 0.465 e. The summed E-state index contributed by atoms with van der Waals surface area (Å²) >= 11 is 5.52. The lowest BCUT2D eigenvalue weighted by atomic mass is 10.1. The van der Waals surface area contributed by atoms with E-state index in [0.29, 0.717) is 24.4 Å². The van der Waals surface area contributed by atoms with Gasteiger partial charge in [-0.25, -0.2) is 4.79 Å². The van der Waals surface area contributed by atoms with Gasteiger partial charge in [0.2, 0.25) is 4.77 Å². The molecule has 2 N–H and O–H groups in total. The molecule has 9 heteroatoms. The van der Waals surface area contributed by atoms with Crippen molar-refractivity contribution in [2.24, 2.45) is 0 Å². The fourth-order valence-electron chi connectivity index (χ4n) is 3.21. The predicted octanol–water partition coefficient (Wildman–Crippen LogP) is -0.436. The lowest BCUT2D eigenvalue weighted by molar-refractivity contribution is -0.928. The van der Waals surface area contributed by atoms with Crippen LogP contribution in [0.15, 0.2) is 18.2 Å². The van der Waals surface area contributed by atoms with Crippen LogP contribution in [-0.2, 0) is 16.2 Å². The number of quaternary nitrogens is 1. The van der Waals surface area contributed by atoms with Crippen LogP contribution in [0.25, 0.3) is 5.69 Å². The quantitative estimate of drug-likeness (QED) is 0.565. The smallest absolute Gasteiger partial charge is 0.364 e. The number of aromatic nitrogens is 4. The molecule has 0 radical (unpaired) electrons. The number of carbonyl (C=O) groups excluding carboxylic acids is 1. The van der Waals surface area contributed by atoms with Gasteiger partial charge < -0.3 is 14.7 Å². The lowest BCUT2D eigenvalue weighted by Gasteiger charge is -2.18. The fraction of sp³-hybridized carbons (Fsp3) is 0.500. The number of aliphatic hydroxyl groups is 1. The van der Waals surface area contributed by atoms with E-state index in [2.05, 4.69) is 10.4 Å². The van der Waals surface area contributed by atoms with Gasteiger partial charge in [0.15, 0.2) is 12.7 Å². The number of tetrazole rings is 1. The van der Waals surface area contributed by atoms with Crippen LogP contribution in [0, 0.1) is 18.6 Å². The zero-order valence-corrected chi connectivity index (χ0v) is 15.3. The first-order chi connectivity index (χ1) is 11.9. The highest BCUT2D eigenvalue weighted by molar-refractivity contribution is 7.71. The molecular weight excluding hydrogens is 342 g/mol. The topological polar surface area (TPSA) is 86.6 Å². The van der Waals surface area contributed by atoms with Crippen molar-refractivity contribution in [2.45, 2.75) is 39.1 Å². The van der Waals surface area contributed by atoms with Crippen molar-refractivity contribution >= 4 is 18.2 Å². The van der Waals surface area contributed by atoms with Crippen molar-refractivity contribution in [1.29, 1.82) is 0 Å². The van der Waals surface area contributed by atoms with E-state index in [1.54, 1.807) is 9.36 Å². The highest BCUT2D eigenvalue weighted by Gasteiger charge is 2.41. The van der Waals surface area contributed by atoms with Crippen molar-refractivity contribution in [2.75, 3.05) is 13.7 Å². The van der Waals surface area contributed by atoms with Gasteiger partial charge in [0, 0.05) is 6.42 Å². The van der Waals surface area contributed by atoms with E-state index >= 15 is 0 Å². The molecular formula is C16H22N5O3S+. The van der Waals surface area contributed by atoms with Gasteiger partial charge in [-0.1, -0.05) is 12.1 Å². The summed E-state index contributed by atoms with van der Waals surface area (Å²) in [6.07, 6.45) is -0.164. The second-order valence-corrected chi connectivity index (χ2v) is 6.81. The minimum Gasteiger partial charge on any atom is -0.465 e. The number of benzene rings is 1. The summed E-state index contributed by atoms with van der Waals surface area (Å²) in [7, 11) is 1.35. The summed E-state index contributed by atoms with van der Waals surface area (Å²) in [6, 6.07) is 5.63. The molecule has 2 heterocycles. The van der Waals surface area contributed by atoms with Gasteiger partial charge in [0.25, 0.3) is 0 Å². The molecule has 1 saturated heterocycles. The molecule has 1 fully saturated rings. The minimum absolute atomic E-state index is 0.333. The molecule has 3 atom stereocenters. The predicted molar refractivity (Wildman–Crippen MR) is 91.9 cm³/mol. The number of ether oxygens (including phenoxy) is 1. The summed E-state index contributed by atoms with van der Waals surface area (Å²) < 4.78 is 8.49. The third kappa shape index (κ3) is 3.48. The third-order valence-corrected chi connectivity index (χ3v) is 4.95. The first-order valence-electron chi connectivity index (χ1n) is 8.11. The fourth-order valence-corrected chi connectivity index (χ4v) is 3.45. The molecule has 0 saturated carbocycles. The summed E-state index contributed by atoms with van der Waals surface area (Å²) in [5.74, 6) is -0.333. The standard InChI is InChI=1S/C16H21N5O3S/c1-10-4-5-11(2)13(6-10)21-16(25)20(17-18-21)9-19-8-12(22)7-14(19)15(23)24-3/h4-6,12,14,22H,7-9H2,1-3H3/p+1/t12-,14+/m1/s1. The molecule has 1 aliphatic heterocycles. The van der Waals surface area contributed by atoms with Crippen LogP contribution in [0.1, 0.15) is 17.5 Å². The molecule has 3 rings (SSSR count). The van der Waals surface area contributed by atoms with Gasteiger partial charge in [-0.05, 0) is 53.7 Å². The van der Waals surface area contributed by atoms with Gasteiger partial charge in [0.05, 0.1) is 12.8 Å². The summed E-state index contributed by atoms with van der Waals surface area (Å²) in [6.45, 7) is 4.79. The molecule has 25 heavy (non-hydrogen) atoms. The van der Waals surface area contributed by atoms with Crippen molar-refractivity contribution in [3.8, 4) is 5.69 Å². The number of nitrogens with zero attached hydrogens (tertiary/aromatic N) is 4. The number of methoxy groups -OCH3 is 1. The molecule has 2 aromatic rings. The number of aryl methyl sites for hydroxylation is 2. The molecule has 0 spiro atoms. The Morgan fingerprint density at radius 1 is 1.44 bits per heavy atom. The summed E-state index contributed by atoms with van der Waals surface area (Å²) in [5.41, 5.74) is 3.04. The molecule has 1 aliphatic rings. The number of esters is 1. The number of hydrogen-bond donors (Lipinski definition) is 2. The van der Waals surface area contributed by atoms with Crippen molar-refractivity contribution < 1.29 is 19.5 Å². The molecule has 8 nitrogen and oxygen atoms in total. The minimum atomic E-state index is -0.540. The Morgan fingerprint density at radius 2 is 2.20 bits per heavy atom. The van der Waals surface area contributed by atoms with E-state index in [4.69, 9.17) is 17.0 Å². The molecule has 1 unspecified atom stereocenters. The van der Waals surface area contributed by atoms with Crippen molar-refractivity contribution in [1.82, 2.24) is 19.8 Å². The molecule has 1 aromatic heterocycles. The van der Waals surface area contributed by atoms with Gasteiger partial charge in [-0.2, -0.15) is 9.36 Å². The zero-order valence-electron chi connectivity index (χ0n) is 14.5. The Bertz CT molecular complexity index is 847. The van der Waals surface area contributed by atoms with Gasteiger partial charge in [0.1, 0.15) is 12.6 Å². The third-order valence-electron chi connectivity index (χ3n) is 4.57. The maximum Gasteiger partial charge on any atom is 0.364 e. The Hall–Kier alpha value is -2.10. The SMILES string of the molecule is COC(=O)[C@@H]1C[C@@H](O)C[NH+]1Cn1nnn(-c2cc(C)ccc2C)c1=S. The number of nitrogens with one attached hydrogen (secondary N) is 1. The highest BCUT2D eigenvalue weighted by atomic mass is 32.1. The van der Waals surface area contributed by atoms with Gasteiger partial charge >= 0.3 is 5.97 Å².